The van der Waals surface area contributed by atoms with Crippen molar-refractivity contribution in [2.45, 2.75) is 70.2 Å². The van der Waals surface area contributed by atoms with Crippen LogP contribution in [0.4, 0.5) is 5.69 Å². The van der Waals surface area contributed by atoms with Gasteiger partial charge in [0.1, 0.15) is 0 Å². The molecular formula is C26H37N3O4S. The smallest absolute Gasteiger partial charge is 0.255 e. The first kappa shape index (κ1) is 26.3. The number of hydrogen-bond acceptors (Lipinski definition) is 5. The Bertz CT molecular complexity index is 1090. The standard InChI is InChI=1S/C26H37N3O4S/c1-4-10-20(17-27-18-33-5-2)29-34(31,32)25-16-15-24(22-13-8-9-14-23(22)25)28-26(30)21-12-7-6-11-19(21)3/h6-7,11-12,15-16,20,27,29H,4-5,8-10,13-14,17-18H2,1-3H3,(H,28,30). The summed E-state index contributed by atoms with van der Waals surface area (Å²) in [5, 5.41) is 6.19. The number of hydrogen-bond donors (Lipinski definition) is 3. The van der Waals surface area contributed by atoms with Gasteiger partial charge in [-0.3, -0.25) is 10.1 Å². The summed E-state index contributed by atoms with van der Waals surface area (Å²) in [4.78, 5) is 13.2. The van der Waals surface area contributed by atoms with Crippen LogP contribution >= 0.6 is 0 Å². The molecule has 0 saturated heterocycles. The van der Waals surface area contributed by atoms with E-state index in [-0.39, 0.29) is 11.9 Å². The Morgan fingerprint density at radius 1 is 1.06 bits per heavy atom. The summed E-state index contributed by atoms with van der Waals surface area (Å²) in [6, 6.07) is 10.6. The molecule has 1 aliphatic rings. The van der Waals surface area contributed by atoms with E-state index in [9.17, 15) is 13.2 Å². The molecule has 0 aromatic heterocycles. The van der Waals surface area contributed by atoms with Crippen molar-refractivity contribution >= 4 is 21.6 Å². The summed E-state index contributed by atoms with van der Waals surface area (Å²) >= 11 is 0. The number of rotatable bonds is 12. The molecule has 1 unspecified atom stereocenters. The Balaban J connectivity index is 1.84. The van der Waals surface area contributed by atoms with Gasteiger partial charge in [0.2, 0.25) is 10.0 Å². The van der Waals surface area contributed by atoms with Gasteiger partial charge in [0, 0.05) is 30.4 Å². The Morgan fingerprint density at radius 2 is 1.79 bits per heavy atom. The minimum Gasteiger partial charge on any atom is -0.367 e. The normalized spacial score (nSPS) is 14.4. The zero-order valence-electron chi connectivity index (χ0n) is 20.4. The van der Waals surface area contributed by atoms with Gasteiger partial charge in [-0.15, -0.1) is 0 Å². The summed E-state index contributed by atoms with van der Waals surface area (Å²) in [6.45, 7) is 7.36. The summed E-state index contributed by atoms with van der Waals surface area (Å²) < 4.78 is 35.1. The van der Waals surface area contributed by atoms with E-state index in [4.69, 9.17) is 4.74 Å². The number of anilines is 1. The molecule has 7 nitrogen and oxygen atoms in total. The SMILES string of the molecule is CCCC(CNCOCC)NS(=O)(=O)c1ccc(NC(=O)c2ccccc2C)c2c1CCCC2. The minimum absolute atomic E-state index is 0.178. The van der Waals surface area contributed by atoms with Gasteiger partial charge < -0.3 is 10.1 Å². The third kappa shape index (κ3) is 6.66. The fourth-order valence-electron chi connectivity index (χ4n) is 4.46. The highest BCUT2D eigenvalue weighted by molar-refractivity contribution is 7.89. The molecule has 3 rings (SSSR count). The molecule has 8 heteroatoms. The molecule has 1 amide bonds. The van der Waals surface area contributed by atoms with E-state index in [0.717, 1.165) is 48.8 Å². The molecular weight excluding hydrogens is 450 g/mol. The van der Waals surface area contributed by atoms with E-state index in [1.165, 1.54) is 0 Å². The highest BCUT2D eigenvalue weighted by atomic mass is 32.2. The molecule has 2 aromatic rings. The van der Waals surface area contributed by atoms with Crippen molar-refractivity contribution in [3.8, 4) is 0 Å². The third-order valence-corrected chi connectivity index (χ3v) is 7.78. The zero-order chi connectivity index (χ0) is 24.6. The lowest BCUT2D eigenvalue weighted by molar-refractivity contribution is 0.102. The predicted octanol–water partition coefficient (Wildman–Crippen LogP) is 4.16. The fourth-order valence-corrected chi connectivity index (χ4v) is 6.03. The number of benzene rings is 2. The van der Waals surface area contributed by atoms with Gasteiger partial charge in [-0.1, -0.05) is 31.5 Å². The molecule has 3 N–H and O–H groups in total. The second kappa shape index (κ2) is 12.4. The van der Waals surface area contributed by atoms with Gasteiger partial charge in [-0.2, -0.15) is 0 Å². The van der Waals surface area contributed by atoms with E-state index in [1.54, 1.807) is 18.2 Å². The van der Waals surface area contributed by atoms with E-state index in [2.05, 4.69) is 15.4 Å². The highest BCUT2D eigenvalue weighted by Gasteiger charge is 2.27. The maximum atomic E-state index is 13.4. The lowest BCUT2D eigenvalue weighted by Gasteiger charge is -2.25. The molecule has 0 radical (unpaired) electrons. The van der Waals surface area contributed by atoms with E-state index in [1.807, 2.05) is 39.0 Å². The molecule has 0 bridgehead atoms. The Morgan fingerprint density at radius 3 is 2.50 bits per heavy atom. The number of carbonyl (C=O) groups is 1. The maximum absolute atomic E-state index is 13.4. The summed E-state index contributed by atoms with van der Waals surface area (Å²) in [5.41, 5.74) is 3.96. The second-order valence-corrected chi connectivity index (χ2v) is 10.4. The van der Waals surface area contributed by atoms with Crippen LogP contribution in [0.15, 0.2) is 41.3 Å². The minimum atomic E-state index is -3.71. The predicted molar refractivity (Wildman–Crippen MR) is 136 cm³/mol. The zero-order valence-corrected chi connectivity index (χ0v) is 21.3. The number of nitrogens with one attached hydrogen (secondary N) is 3. The molecule has 1 aliphatic carbocycles. The third-order valence-electron chi connectivity index (χ3n) is 6.18. The van der Waals surface area contributed by atoms with E-state index >= 15 is 0 Å². The number of ether oxygens (including phenoxy) is 1. The Kier molecular flexibility index (Phi) is 9.64. The lowest BCUT2D eigenvalue weighted by atomic mass is 9.90. The van der Waals surface area contributed by atoms with Crippen LogP contribution < -0.4 is 15.4 Å². The number of fused-ring (bicyclic) bond motifs is 1. The molecule has 34 heavy (non-hydrogen) atoms. The first-order valence-electron chi connectivity index (χ1n) is 12.2. The number of amides is 1. The van der Waals surface area contributed by atoms with Gasteiger partial charge in [-0.05, 0) is 80.8 Å². The largest absolute Gasteiger partial charge is 0.367 e. The van der Waals surface area contributed by atoms with Crippen LogP contribution in [0.1, 0.15) is 66.6 Å². The van der Waals surface area contributed by atoms with Gasteiger partial charge in [-0.25, -0.2) is 13.1 Å². The van der Waals surface area contributed by atoms with Crippen LogP contribution in [0.5, 0.6) is 0 Å². The first-order chi connectivity index (χ1) is 16.4. The Hall–Kier alpha value is -2.26. The monoisotopic (exact) mass is 487 g/mol. The van der Waals surface area contributed by atoms with Gasteiger partial charge in [0.15, 0.2) is 0 Å². The van der Waals surface area contributed by atoms with Crippen molar-refractivity contribution in [2.75, 3.05) is 25.2 Å². The van der Waals surface area contributed by atoms with Crippen molar-refractivity contribution in [3.63, 3.8) is 0 Å². The maximum Gasteiger partial charge on any atom is 0.255 e. The van der Waals surface area contributed by atoms with Crippen LogP contribution in [0.25, 0.3) is 0 Å². The van der Waals surface area contributed by atoms with Crippen LogP contribution in [0, 0.1) is 6.92 Å². The lowest BCUT2D eigenvalue weighted by Crippen LogP contribution is -2.42. The van der Waals surface area contributed by atoms with Crippen LogP contribution in [-0.2, 0) is 27.6 Å². The van der Waals surface area contributed by atoms with Crippen molar-refractivity contribution in [1.82, 2.24) is 10.0 Å². The van der Waals surface area contributed by atoms with Gasteiger partial charge >= 0.3 is 0 Å². The molecule has 0 aliphatic heterocycles. The van der Waals surface area contributed by atoms with Crippen LogP contribution in [0.2, 0.25) is 0 Å². The highest BCUT2D eigenvalue weighted by Crippen LogP contribution is 2.33. The van der Waals surface area contributed by atoms with Crippen LogP contribution in [0.3, 0.4) is 0 Å². The second-order valence-electron chi connectivity index (χ2n) is 8.74. The summed E-state index contributed by atoms with van der Waals surface area (Å²) in [6.07, 6.45) is 4.92. The average molecular weight is 488 g/mol. The quantitative estimate of drug-likeness (QED) is 0.309. The first-order valence-corrected chi connectivity index (χ1v) is 13.7. The molecule has 0 saturated carbocycles. The molecule has 2 aromatic carbocycles. The van der Waals surface area contributed by atoms with Gasteiger partial charge in [0.25, 0.3) is 5.91 Å². The molecule has 186 valence electrons. The molecule has 0 spiro atoms. The average Bonchev–Trinajstić information content (AvgIpc) is 2.82. The van der Waals surface area contributed by atoms with E-state index < -0.39 is 10.0 Å². The molecule has 0 fully saturated rings. The van der Waals surface area contributed by atoms with Crippen molar-refractivity contribution in [1.29, 1.82) is 0 Å². The Labute approximate surface area is 203 Å². The molecule has 1 atom stereocenters. The topological polar surface area (TPSA) is 96.5 Å². The number of carbonyl (C=O) groups excluding carboxylic acids is 1. The van der Waals surface area contributed by atoms with Crippen molar-refractivity contribution in [2.24, 2.45) is 0 Å². The number of sulfonamides is 1. The van der Waals surface area contributed by atoms with Crippen molar-refractivity contribution < 1.29 is 17.9 Å². The fraction of sp³-hybridized carbons (Fsp3) is 0.500. The summed E-state index contributed by atoms with van der Waals surface area (Å²) in [7, 11) is -3.71. The van der Waals surface area contributed by atoms with E-state index in [0.29, 0.717) is 42.4 Å². The van der Waals surface area contributed by atoms with Crippen LogP contribution in [-0.4, -0.2) is 40.2 Å². The summed E-state index contributed by atoms with van der Waals surface area (Å²) in [5.74, 6) is -0.178. The number of aryl methyl sites for hydroxylation is 1. The van der Waals surface area contributed by atoms with Gasteiger partial charge in [0.05, 0.1) is 11.6 Å². The molecule has 0 heterocycles. The van der Waals surface area contributed by atoms with Crippen molar-refractivity contribution in [3.05, 3.63) is 58.7 Å².